The molecular formula is C17H24N2O4. The van der Waals surface area contributed by atoms with Gasteiger partial charge in [-0.2, -0.15) is 0 Å². The van der Waals surface area contributed by atoms with E-state index < -0.39 is 12.0 Å². The number of aliphatic carboxylic acids is 1. The minimum Gasteiger partial charge on any atom is -0.544 e. The third-order valence-electron chi connectivity index (χ3n) is 4.07. The summed E-state index contributed by atoms with van der Waals surface area (Å²) in [5.41, 5.74) is 2.77. The molecule has 6 heteroatoms. The first-order valence-corrected chi connectivity index (χ1v) is 7.98. The zero-order valence-corrected chi connectivity index (χ0v) is 13.6. The fourth-order valence-electron chi connectivity index (χ4n) is 2.76. The number of nitrogens with two attached hydrogens (primary N) is 1. The number of anilines is 1. The van der Waals surface area contributed by atoms with Crippen LogP contribution in [0.25, 0.3) is 0 Å². The molecule has 0 saturated carbocycles. The predicted octanol–water partition coefficient (Wildman–Crippen LogP) is -0.507. The van der Waals surface area contributed by atoms with Gasteiger partial charge in [0.1, 0.15) is 18.7 Å². The molecule has 1 fully saturated rings. The first kappa shape index (κ1) is 17.4. The Hall–Kier alpha value is -1.92. The molecule has 2 atom stereocenters. The molecule has 1 heterocycles. The van der Waals surface area contributed by atoms with Crippen LogP contribution in [-0.2, 0) is 14.3 Å². The highest BCUT2D eigenvalue weighted by atomic mass is 16.5. The molecule has 2 rings (SSSR count). The fraction of sp³-hybridized carbons (Fsp3) is 0.529. The second-order valence-electron chi connectivity index (χ2n) is 6.10. The first-order valence-electron chi connectivity index (χ1n) is 7.98. The number of benzene rings is 1. The number of hydrogen-bond acceptors (Lipinski definition) is 4. The lowest BCUT2D eigenvalue weighted by Gasteiger charge is -2.18. The van der Waals surface area contributed by atoms with Crippen LogP contribution in [0.4, 0.5) is 5.69 Å². The maximum atomic E-state index is 12.1. The number of amides is 1. The molecule has 6 nitrogen and oxygen atoms in total. The smallest absolute Gasteiger partial charge is 0.230 e. The van der Waals surface area contributed by atoms with Gasteiger partial charge in [0, 0.05) is 12.3 Å². The Kier molecular flexibility index (Phi) is 6.12. The summed E-state index contributed by atoms with van der Waals surface area (Å²) in [6, 6.07) is 4.80. The molecule has 1 saturated heterocycles. The lowest BCUT2D eigenvalue weighted by atomic mass is 10.1. The van der Waals surface area contributed by atoms with Gasteiger partial charge in [-0.25, -0.2) is 0 Å². The summed E-state index contributed by atoms with van der Waals surface area (Å²) < 4.78 is 5.47. The zero-order valence-electron chi connectivity index (χ0n) is 13.6. The minimum atomic E-state index is -1.22. The molecule has 126 valence electrons. The minimum absolute atomic E-state index is 0.0688. The van der Waals surface area contributed by atoms with Crippen molar-refractivity contribution >= 4 is 17.6 Å². The van der Waals surface area contributed by atoms with Crippen molar-refractivity contribution in [2.75, 3.05) is 18.5 Å². The Bertz CT molecular complexity index is 568. The van der Waals surface area contributed by atoms with Gasteiger partial charge in [-0.3, -0.25) is 4.79 Å². The van der Waals surface area contributed by atoms with Gasteiger partial charge in [0.2, 0.25) is 5.91 Å². The molecule has 23 heavy (non-hydrogen) atoms. The summed E-state index contributed by atoms with van der Waals surface area (Å²) in [4.78, 5) is 23.3. The van der Waals surface area contributed by atoms with Crippen LogP contribution in [0.1, 0.15) is 30.4 Å². The van der Waals surface area contributed by atoms with Crippen LogP contribution >= 0.6 is 0 Å². The van der Waals surface area contributed by atoms with Gasteiger partial charge in [-0.1, -0.05) is 17.7 Å². The number of quaternary nitrogens is 1. The maximum Gasteiger partial charge on any atom is 0.230 e. The number of carboxylic acids is 1. The second kappa shape index (κ2) is 8.08. The molecule has 1 aliphatic rings. The Morgan fingerprint density at radius 3 is 2.83 bits per heavy atom. The van der Waals surface area contributed by atoms with Crippen LogP contribution in [-0.4, -0.2) is 37.2 Å². The van der Waals surface area contributed by atoms with Crippen LogP contribution in [0.3, 0.4) is 0 Å². The van der Waals surface area contributed by atoms with Crippen LogP contribution in [0, 0.1) is 13.8 Å². The highest BCUT2D eigenvalue weighted by molar-refractivity contribution is 5.94. The number of ether oxygens (including phenoxy) is 1. The molecule has 3 N–H and O–H groups in total. The van der Waals surface area contributed by atoms with E-state index in [2.05, 4.69) is 5.32 Å². The summed E-state index contributed by atoms with van der Waals surface area (Å²) in [6.45, 7) is 5.14. The van der Waals surface area contributed by atoms with Crippen molar-refractivity contribution in [3.05, 3.63) is 29.3 Å². The summed E-state index contributed by atoms with van der Waals surface area (Å²) in [6.07, 6.45) is 1.88. The summed E-state index contributed by atoms with van der Waals surface area (Å²) in [5.74, 6) is -1.55. The van der Waals surface area contributed by atoms with E-state index in [-0.39, 0.29) is 18.4 Å². The van der Waals surface area contributed by atoms with Crippen molar-refractivity contribution in [2.24, 2.45) is 0 Å². The van der Waals surface area contributed by atoms with E-state index in [1.54, 1.807) is 5.32 Å². The summed E-state index contributed by atoms with van der Waals surface area (Å²) >= 11 is 0. The van der Waals surface area contributed by atoms with E-state index in [1.807, 2.05) is 32.0 Å². The lowest BCUT2D eigenvalue weighted by molar-refractivity contribution is -0.687. The third-order valence-corrected chi connectivity index (χ3v) is 4.07. The van der Waals surface area contributed by atoms with E-state index in [0.29, 0.717) is 12.2 Å². The molecular weight excluding hydrogens is 296 g/mol. The SMILES string of the molecule is Cc1ccc(NC(=O)C[C@H]([NH2+]C[C@@H]2CCCO2)C(=O)[O-])c(C)c1. The summed E-state index contributed by atoms with van der Waals surface area (Å²) in [5, 5.41) is 15.6. The van der Waals surface area contributed by atoms with E-state index >= 15 is 0 Å². The van der Waals surface area contributed by atoms with Gasteiger partial charge in [0.05, 0.1) is 12.4 Å². The van der Waals surface area contributed by atoms with E-state index in [0.717, 1.165) is 30.6 Å². The van der Waals surface area contributed by atoms with Crippen molar-refractivity contribution < 1.29 is 24.7 Å². The molecule has 1 aromatic rings. The van der Waals surface area contributed by atoms with Gasteiger partial charge in [-0.05, 0) is 38.3 Å². The van der Waals surface area contributed by atoms with Crippen LogP contribution in [0.5, 0.6) is 0 Å². The number of carbonyl (C=O) groups excluding carboxylic acids is 2. The Balaban J connectivity index is 1.88. The number of aryl methyl sites for hydroxylation is 2. The number of rotatable bonds is 7. The van der Waals surface area contributed by atoms with Crippen molar-refractivity contribution in [3.8, 4) is 0 Å². The van der Waals surface area contributed by atoms with Crippen molar-refractivity contribution in [1.29, 1.82) is 0 Å². The molecule has 1 amide bonds. The van der Waals surface area contributed by atoms with Crippen LogP contribution < -0.4 is 15.7 Å². The van der Waals surface area contributed by atoms with E-state index in [1.165, 1.54) is 0 Å². The molecule has 0 radical (unpaired) electrons. The standard InChI is InChI=1S/C17H24N2O4/c1-11-5-6-14(12(2)8-11)19-16(20)9-15(17(21)22)18-10-13-4-3-7-23-13/h5-6,8,13,15,18H,3-4,7,9-10H2,1-2H3,(H,19,20)(H,21,22)/t13-,15-/m0/s1. The molecule has 1 aliphatic heterocycles. The van der Waals surface area contributed by atoms with Crippen molar-refractivity contribution in [3.63, 3.8) is 0 Å². The highest BCUT2D eigenvalue weighted by Gasteiger charge is 2.23. The van der Waals surface area contributed by atoms with Crippen LogP contribution in [0.15, 0.2) is 18.2 Å². The topological polar surface area (TPSA) is 95.1 Å². The van der Waals surface area contributed by atoms with Gasteiger partial charge < -0.3 is 25.3 Å². The third kappa shape index (κ3) is 5.33. The number of carboxylic acid groups (broad SMARTS) is 1. The van der Waals surface area contributed by atoms with E-state index in [9.17, 15) is 14.7 Å². The average Bonchev–Trinajstić information content (AvgIpc) is 2.99. The summed E-state index contributed by atoms with van der Waals surface area (Å²) in [7, 11) is 0. The monoisotopic (exact) mass is 320 g/mol. The molecule has 0 aromatic heterocycles. The van der Waals surface area contributed by atoms with Crippen molar-refractivity contribution in [1.82, 2.24) is 0 Å². The average molecular weight is 320 g/mol. The fourth-order valence-corrected chi connectivity index (χ4v) is 2.76. The number of nitrogens with one attached hydrogen (secondary N) is 1. The highest BCUT2D eigenvalue weighted by Crippen LogP contribution is 2.16. The molecule has 0 spiro atoms. The molecule has 0 aliphatic carbocycles. The zero-order chi connectivity index (χ0) is 16.8. The van der Waals surface area contributed by atoms with Gasteiger partial charge in [-0.15, -0.1) is 0 Å². The Morgan fingerprint density at radius 2 is 2.22 bits per heavy atom. The molecule has 0 bridgehead atoms. The van der Waals surface area contributed by atoms with Gasteiger partial charge in [0.25, 0.3) is 0 Å². The Labute approximate surface area is 136 Å². The quantitative estimate of drug-likeness (QED) is 0.707. The maximum absolute atomic E-state index is 12.1. The van der Waals surface area contributed by atoms with Gasteiger partial charge >= 0.3 is 0 Å². The lowest BCUT2D eigenvalue weighted by Crippen LogP contribution is -2.94. The molecule has 0 unspecified atom stereocenters. The second-order valence-corrected chi connectivity index (χ2v) is 6.10. The molecule has 1 aromatic carbocycles. The Morgan fingerprint density at radius 1 is 1.43 bits per heavy atom. The van der Waals surface area contributed by atoms with Gasteiger partial charge in [0.15, 0.2) is 0 Å². The largest absolute Gasteiger partial charge is 0.544 e. The predicted molar refractivity (Wildman–Crippen MR) is 83.7 cm³/mol. The number of carbonyl (C=O) groups is 2. The van der Waals surface area contributed by atoms with E-state index in [4.69, 9.17) is 4.74 Å². The van der Waals surface area contributed by atoms with Crippen LogP contribution in [0.2, 0.25) is 0 Å². The first-order chi connectivity index (χ1) is 11.0. The normalized spacial score (nSPS) is 18.6. The van der Waals surface area contributed by atoms with Crippen molar-refractivity contribution in [2.45, 2.75) is 45.3 Å². The number of hydrogen-bond donors (Lipinski definition) is 2.